The van der Waals surface area contributed by atoms with Crippen molar-refractivity contribution >= 4 is 39.4 Å². The number of anilines is 1. The van der Waals surface area contributed by atoms with E-state index in [-0.39, 0.29) is 18.0 Å². The lowest BCUT2D eigenvalue weighted by molar-refractivity contribution is -0.150. The minimum atomic E-state index is -1.30. The van der Waals surface area contributed by atoms with Gasteiger partial charge >= 0.3 is 5.97 Å². The third-order valence-corrected chi connectivity index (χ3v) is 7.79. The van der Waals surface area contributed by atoms with Gasteiger partial charge in [-0.3, -0.25) is 14.4 Å². The molecule has 1 aromatic rings. The number of nitrogens with zero attached hydrogens (tertiary/aromatic N) is 2. The van der Waals surface area contributed by atoms with Crippen LogP contribution in [0, 0.1) is 11.8 Å². The molecule has 3 aliphatic heterocycles. The number of carbonyl (C=O) groups is 3. The first-order chi connectivity index (χ1) is 15.7. The van der Waals surface area contributed by atoms with E-state index in [4.69, 9.17) is 9.47 Å². The molecule has 2 bridgehead atoms. The maximum absolute atomic E-state index is 14.1. The van der Waals surface area contributed by atoms with E-state index in [2.05, 4.69) is 22.5 Å². The Labute approximate surface area is 200 Å². The fourth-order valence-electron chi connectivity index (χ4n) is 5.55. The third-order valence-electron chi connectivity index (χ3n) is 6.95. The SMILES string of the molecule is C=CCN(C(=O)[C@H]1N([C@H](C)CO)C(=O)[C@@H]2[C@@H](C(=O)O)[C@@H]3O[C@@]21CC3Br)c1ccc(OC)cc1. The Kier molecular flexibility index (Phi) is 6.28. The second-order valence-corrected chi connectivity index (χ2v) is 9.89. The number of alkyl halides is 1. The van der Waals surface area contributed by atoms with Crippen molar-refractivity contribution in [1.82, 2.24) is 4.90 Å². The van der Waals surface area contributed by atoms with E-state index in [0.717, 1.165) is 0 Å². The first-order valence-corrected chi connectivity index (χ1v) is 11.7. The van der Waals surface area contributed by atoms with Gasteiger partial charge < -0.3 is 29.5 Å². The number of halogens is 1. The topological polar surface area (TPSA) is 117 Å². The molecule has 0 aliphatic carbocycles. The lowest BCUT2D eigenvalue weighted by Gasteiger charge is -2.38. The van der Waals surface area contributed by atoms with Crippen molar-refractivity contribution < 1.29 is 34.1 Å². The molecule has 3 saturated heterocycles. The van der Waals surface area contributed by atoms with Gasteiger partial charge in [0, 0.05) is 17.1 Å². The van der Waals surface area contributed by atoms with Crippen LogP contribution < -0.4 is 9.64 Å². The molecule has 10 heteroatoms. The van der Waals surface area contributed by atoms with Gasteiger partial charge in [-0.25, -0.2) is 0 Å². The molecular formula is C23H27BrN2O7. The maximum atomic E-state index is 14.1. The van der Waals surface area contributed by atoms with Gasteiger partial charge in [0.15, 0.2) is 0 Å². The molecule has 2 N–H and O–H groups in total. The highest BCUT2D eigenvalue weighted by molar-refractivity contribution is 9.09. The van der Waals surface area contributed by atoms with Crippen molar-refractivity contribution in [2.24, 2.45) is 11.8 Å². The summed E-state index contributed by atoms with van der Waals surface area (Å²) < 4.78 is 11.4. The van der Waals surface area contributed by atoms with E-state index in [1.165, 1.54) is 9.80 Å². The minimum absolute atomic E-state index is 0.168. The molecule has 7 atom stereocenters. The number of aliphatic hydroxyl groups excluding tert-OH is 1. The molecule has 0 saturated carbocycles. The van der Waals surface area contributed by atoms with Crippen molar-refractivity contribution in [1.29, 1.82) is 0 Å². The smallest absolute Gasteiger partial charge is 0.310 e. The number of benzene rings is 1. The van der Waals surface area contributed by atoms with Crippen LogP contribution in [0.25, 0.3) is 0 Å². The van der Waals surface area contributed by atoms with Crippen molar-refractivity contribution in [2.75, 3.05) is 25.2 Å². The Hall–Kier alpha value is -2.43. The third kappa shape index (κ3) is 3.46. The fourth-order valence-corrected chi connectivity index (χ4v) is 6.50. The van der Waals surface area contributed by atoms with Crippen LogP contribution in [0.3, 0.4) is 0 Å². The molecule has 3 heterocycles. The second-order valence-electron chi connectivity index (χ2n) is 8.71. The molecule has 9 nitrogen and oxygen atoms in total. The monoisotopic (exact) mass is 522 g/mol. The standard InChI is InChI=1S/C23H27BrN2O7/c1-4-9-25(13-5-7-14(32-3)8-6-13)21(29)19-23-10-15(24)18(33-23)16(22(30)31)17(23)20(28)26(19)12(2)11-27/h4-8,12,15-19,27H,1,9-11H2,2-3H3,(H,30,31)/t12-,15?,16-,17+,18-,19-,23+/m1/s1. The zero-order valence-corrected chi connectivity index (χ0v) is 20.0. The van der Waals surface area contributed by atoms with Gasteiger partial charge in [-0.15, -0.1) is 6.58 Å². The van der Waals surface area contributed by atoms with Gasteiger partial charge in [0.1, 0.15) is 17.4 Å². The van der Waals surface area contributed by atoms with E-state index < -0.39 is 53.4 Å². The average molecular weight is 523 g/mol. The van der Waals surface area contributed by atoms with Gasteiger partial charge in [0.2, 0.25) is 5.91 Å². The number of carbonyl (C=O) groups excluding carboxylic acids is 2. The Balaban J connectivity index is 1.81. The summed E-state index contributed by atoms with van der Waals surface area (Å²) in [5.41, 5.74) is -0.729. The molecule has 1 spiro atoms. The Morgan fingerprint density at radius 3 is 2.64 bits per heavy atom. The first-order valence-electron chi connectivity index (χ1n) is 10.8. The molecule has 0 radical (unpaired) electrons. The largest absolute Gasteiger partial charge is 0.497 e. The number of hydrogen-bond acceptors (Lipinski definition) is 6. The number of rotatable bonds is 8. The summed E-state index contributed by atoms with van der Waals surface area (Å²) in [4.78, 5) is 42.3. The lowest BCUT2D eigenvalue weighted by atomic mass is 9.70. The fraction of sp³-hybridized carbons (Fsp3) is 0.522. The average Bonchev–Trinajstić information content (AvgIpc) is 3.40. The lowest BCUT2D eigenvalue weighted by Crippen LogP contribution is -2.58. The van der Waals surface area contributed by atoms with Crippen molar-refractivity contribution in [2.45, 2.75) is 42.0 Å². The number of fused-ring (bicyclic) bond motifs is 1. The molecular weight excluding hydrogens is 496 g/mol. The van der Waals surface area contributed by atoms with Gasteiger partial charge in [-0.2, -0.15) is 0 Å². The molecule has 4 rings (SSSR count). The normalized spacial score (nSPS) is 33.0. The van der Waals surface area contributed by atoms with Crippen LogP contribution in [-0.4, -0.2) is 81.8 Å². The van der Waals surface area contributed by atoms with Gasteiger partial charge in [0.25, 0.3) is 5.91 Å². The van der Waals surface area contributed by atoms with Crippen molar-refractivity contribution in [3.05, 3.63) is 36.9 Å². The number of amides is 2. The van der Waals surface area contributed by atoms with Crippen molar-refractivity contribution in [3.63, 3.8) is 0 Å². The summed E-state index contributed by atoms with van der Waals surface area (Å²) in [5, 5.41) is 19.8. The molecule has 2 amide bonds. The summed E-state index contributed by atoms with van der Waals surface area (Å²) in [5.74, 6) is -3.47. The molecule has 0 aromatic heterocycles. The highest BCUT2D eigenvalue weighted by Crippen LogP contribution is 2.60. The van der Waals surface area contributed by atoms with Crippen molar-refractivity contribution in [3.8, 4) is 5.75 Å². The van der Waals surface area contributed by atoms with E-state index in [1.807, 2.05) is 0 Å². The number of aliphatic carboxylic acids is 1. The summed E-state index contributed by atoms with van der Waals surface area (Å²) in [6.45, 7) is 5.19. The van der Waals surface area contributed by atoms with Gasteiger partial charge in [0.05, 0.1) is 37.7 Å². The number of methoxy groups -OCH3 is 1. The van der Waals surface area contributed by atoms with E-state index in [9.17, 15) is 24.6 Å². The molecule has 3 aliphatic rings. The van der Waals surface area contributed by atoms with E-state index in [0.29, 0.717) is 17.9 Å². The minimum Gasteiger partial charge on any atom is -0.497 e. The summed E-state index contributed by atoms with van der Waals surface area (Å²) in [7, 11) is 1.54. The van der Waals surface area contributed by atoms with Gasteiger partial charge in [-0.1, -0.05) is 22.0 Å². The van der Waals surface area contributed by atoms with Gasteiger partial charge in [-0.05, 0) is 37.6 Å². The van der Waals surface area contributed by atoms with Crippen LogP contribution in [0.4, 0.5) is 5.69 Å². The van der Waals surface area contributed by atoms with Crippen LogP contribution in [0.1, 0.15) is 13.3 Å². The first kappa shape index (κ1) is 23.7. The van der Waals surface area contributed by atoms with Crippen LogP contribution >= 0.6 is 15.9 Å². The van der Waals surface area contributed by atoms with Crippen LogP contribution in [0.2, 0.25) is 0 Å². The van der Waals surface area contributed by atoms with E-state index in [1.54, 1.807) is 44.4 Å². The highest BCUT2D eigenvalue weighted by atomic mass is 79.9. The molecule has 1 aromatic carbocycles. The quantitative estimate of drug-likeness (QED) is 0.391. The van der Waals surface area contributed by atoms with Crippen LogP contribution in [0.5, 0.6) is 5.75 Å². The number of likely N-dealkylation sites (tertiary alicyclic amines) is 1. The molecule has 33 heavy (non-hydrogen) atoms. The number of carboxylic acids is 1. The summed E-state index contributed by atoms with van der Waals surface area (Å²) in [6.07, 6.45) is 1.17. The maximum Gasteiger partial charge on any atom is 0.310 e. The summed E-state index contributed by atoms with van der Waals surface area (Å²) >= 11 is 3.51. The zero-order chi connectivity index (χ0) is 24.1. The second kappa shape index (κ2) is 8.73. The highest BCUT2D eigenvalue weighted by Gasteiger charge is 2.77. The van der Waals surface area contributed by atoms with E-state index >= 15 is 0 Å². The van der Waals surface area contributed by atoms with Crippen LogP contribution in [0.15, 0.2) is 36.9 Å². The number of aliphatic hydroxyl groups is 1. The summed E-state index contributed by atoms with van der Waals surface area (Å²) in [6, 6.07) is 5.12. The Morgan fingerprint density at radius 2 is 2.09 bits per heavy atom. The predicted molar refractivity (Wildman–Crippen MR) is 122 cm³/mol. The molecule has 3 fully saturated rings. The number of hydrogen-bond donors (Lipinski definition) is 2. The Morgan fingerprint density at radius 1 is 1.42 bits per heavy atom. The zero-order valence-electron chi connectivity index (χ0n) is 18.4. The number of ether oxygens (including phenoxy) is 2. The van der Waals surface area contributed by atoms with Crippen LogP contribution in [-0.2, 0) is 19.1 Å². The predicted octanol–water partition coefficient (Wildman–Crippen LogP) is 1.43. The Bertz CT molecular complexity index is 970. The molecule has 1 unspecified atom stereocenters. The molecule has 178 valence electrons. The number of carboxylic acid groups (broad SMARTS) is 1.